The van der Waals surface area contributed by atoms with Crippen molar-refractivity contribution in [2.24, 2.45) is 23.2 Å². The number of hydrogen-bond donors (Lipinski definition) is 0. The monoisotopic (exact) mass is 400 g/mol. The lowest BCUT2D eigenvalue weighted by Crippen LogP contribution is -2.51. The van der Waals surface area contributed by atoms with Crippen molar-refractivity contribution in [1.82, 2.24) is 10.1 Å². The molecule has 4 aliphatic carbocycles. The van der Waals surface area contributed by atoms with Crippen LogP contribution in [0, 0.1) is 23.2 Å². The van der Waals surface area contributed by atoms with Crippen molar-refractivity contribution in [1.29, 1.82) is 0 Å². The minimum absolute atomic E-state index is 0.0880. The molecule has 28 heavy (non-hydrogen) atoms. The zero-order chi connectivity index (χ0) is 19.1. The van der Waals surface area contributed by atoms with Crippen molar-refractivity contribution in [2.45, 2.75) is 51.4 Å². The van der Waals surface area contributed by atoms with Crippen LogP contribution < -0.4 is 0 Å². The molecule has 0 atom stereocenters. The van der Waals surface area contributed by atoms with E-state index in [1.165, 1.54) is 30.6 Å². The topological polar surface area (TPSA) is 82.3 Å². The number of carbonyl (C=O) groups is 2. The zero-order valence-corrected chi connectivity index (χ0v) is 16.6. The number of ketones is 1. The summed E-state index contributed by atoms with van der Waals surface area (Å²) in [5.74, 6) is 2.83. The molecule has 6 rings (SSSR count). The Balaban J connectivity index is 1.11. The van der Waals surface area contributed by atoms with Crippen LogP contribution in [0.3, 0.4) is 0 Å². The van der Waals surface area contributed by atoms with Crippen LogP contribution in [0.5, 0.6) is 0 Å². The summed E-state index contributed by atoms with van der Waals surface area (Å²) in [5, 5.41) is 5.88. The van der Waals surface area contributed by atoms with Crippen LogP contribution in [-0.2, 0) is 20.7 Å². The molecule has 7 heteroatoms. The first-order valence-corrected chi connectivity index (χ1v) is 11.0. The molecule has 4 bridgehead atoms. The highest BCUT2D eigenvalue weighted by molar-refractivity contribution is 7.13. The largest absolute Gasteiger partial charge is 0.458 e. The van der Waals surface area contributed by atoms with Gasteiger partial charge in [0, 0.05) is 11.8 Å². The van der Waals surface area contributed by atoms with Gasteiger partial charge in [-0.1, -0.05) is 11.2 Å². The van der Waals surface area contributed by atoms with E-state index in [1.54, 1.807) is 0 Å². The third-order valence-corrected chi connectivity index (χ3v) is 7.61. The second-order valence-electron chi connectivity index (χ2n) is 8.77. The molecule has 2 aromatic heterocycles. The van der Waals surface area contributed by atoms with E-state index < -0.39 is 0 Å². The van der Waals surface area contributed by atoms with Gasteiger partial charge in [0.25, 0.3) is 0 Å². The van der Waals surface area contributed by atoms with Gasteiger partial charge in [-0.3, -0.25) is 9.59 Å². The molecule has 4 aliphatic rings. The summed E-state index contributed by atoms with van der Waals surface area (Å²) in [7, 11) is 0. The van der Waals surface area contributed by atoms with Crippen LogP contribution in [0.1, 0.15) is 50.8 Å². The molecular weight excluding hydrogens is 376 g/mol. The minimum atomic E-state index is -0.381. The lowest BCUT2D eigenvalue weighted by molar-refractivity contribution is -0.157. The van der Waals surface area contributed by atoms with Crippen LogP contribution in [-0.4, -0.2) is 28.5 Å². The Kier molecular flexibility index (Phi) is 4.57. The third-order valence-electron chi connectivity index (χ3n) is 6.75. The van der Waals surface area contributed by atoms with Crippen molar-refractivity contribution in [3.05, 3.63) is 23.4 Å². The Bertz CT molecular complexity index is 838. The number of ether oxygens (including phenoxy) is 1. The van der Waals surface area contributed by atoms with E-state index in [2.05, 4.69) is 10.1 Å². The molecule has 0 saturated heterocycles. The van der Waals surface area contributed by atoms with E-state index in [9.17, 15) is 9.59 Å². The SMILES string of the molecule is O=C(CCc1nc(-c2cccs2)no1)OCC(=O)C12CC3CC(CC(C3)C1)C2. The summed E-state index contributed by atoms with van der Waals surface area (Å²) in [6.45, 7) is -0.0880. The van der Waals surface area contributed by atoms with Gasteiger partial charge < -0.3 is 9.26 Å². The maximum Gasteiger partial charge on any atom is 0.306 e. The minimum Gasteiger partial charge on any atom is -0.458 e. The Labute approximate surface area is 167 Å². The Hall–Kier alpha value is -2.02. The second kappa shape index (κ2) is 7.10. The predicted molar refractivity (Wildman–Crippen MR) is 103 cm³/mol. The molecule has 0 radical (unpaired) electrons. The quantitative estimate of drug-likeness (QED) is 0.652. The smallest absolute Gasteiger partial charge is 0.306 e. The molecule has 0 N–H and O–H groups in total. The van der Waals surface area contributed by atoms with Gasteiger partial charge in [0.05, 0.1) is 11.3 Å². The number of Topliss-reactive ketones (excluding diaryl/α,β-unsaturated/α-hetero) is 1. The molecule has 0 aromatic carbocycles. The van der Waals surface area contributed by atoms with E-state index in [4.69, 9.17) is 9.26 Å². The number of carbonyl (C=O) groups excluding carboxylic acids is 2. The first-order valence-electron chi connectivity index (χ1n) is 10.1. The Morgan fingerprint density at radius 1 is 1.18 bits per heavy atom. The van der Waals surface area contributed by atoms with E-state index in [1.807, 2.05) is 17.5 Å². The van der Waals surface area contributed by atoms with Crippen molar-refractivity contribution in [3.8, 4) is 10.7 Å². The molecular formula is C21H24N2O4S. The van der Waals surface area contributed by atoms with Crippen LogP contribution >= 0.6 is 11.3 Å². The molecule has 0 spiro atoms. The summed E-state index contributed by atoms with van der Waals surface area (Å²) in [5.41, 5.74) is -0.211. The van der Waals surface area contributed by atoms with Gasteiger partial charge in [-0.15, -0.1) is 11.3 Å². The highest BCUT2D eigenvalue weighted by Gasteiger charge is 2.54. The maximum atomic E-state index is 12.9. The Morgan fingerprint density at radius 2 is 1.89 bits per heavy atom. The van der Waals surface area contributed by atoms with Gasteiger partial charge >= 0.3 is 5.97 Å². The summed E-state index contributed by atoms with van der Waals surface area (Å²) in [6.07, 6.45) is 7.36. The zero-order valence-electron chi connectivity index (χ0n) is 15.8. The lowest BCUT2D eigenvalue weighted by atomic mass is 9.48. The maximum absolute atomic E-state index is 12.9. The molecule has 4 saturated carbocycles. The predicted octanol–water partition coefficient (Wildman–Crippen LogP) is 4.06. The van der Waals surface area contributed by atoms with E-state index >= 15 is 0 Å². The number of aryl methyl sites for hydroxylation is 1. The molecule has 148 valence electrons. The number of esters is 1. The molecule has 0 amide bonds. The van der Waals surface area contributed by atoms with Crippen molar-refractivity contribution in [2.75, 3.05) is 6.61 Å². The van der Waals surface area contributed by atoms with E-state index in [-0.39, 0.29) is 30.2 Å². The first-order chi connectivity index (χ1) is 13.6. The fourth-order valence-electron chi connectivity index (χ4n) is 5.89. The summed E-state index contributed by atoms with van der Waals surface area (Å²) < 4.78 is 10.5. The summed E-state index contributed by atoms with van der Waals surface area (Å²) in [6, 6.07) is 3.85. The average molecular weight is 401 g/mol. The number of rotatable bonds is 7. The highest BCUT2D eigenvalue weighted by Crippen LogP contribution is 2.60. The fourth-order valence-corrected chi connectivity index (χ4v) is 6.54. The number of hydrogen-bond acceptors (Lipinski definition) is 7. The number of nitrogens with zero attached hydrogens (tertiary/aromatic N) is 2. The van der Waals surface area contributed by atoms with Crippen molar-refractivity contribution in [3.63, 3.8) is 0 Å². The molecule has 4 fully saturated rings. The van der Waals surface area contributed by atoms with E-state index in [0.29, 0.717) is 35.9 Å². The van der Waals surface area contributed by atoms with Crippen LogP contribution in [0.25, 0.3) is 10.7 Å². The van der Waals surface area contributed by atoms with Gasteiger partial charge in [-0.2, -0.15) is 4.98 Å². The number of thiophene rings is 1. The summed E-state index contributed by atoms with van der Waals surface area (Å²) in [4.78, 5) is 30.2. The standard InChI is InChI=1S/C21H24N2O4S/c24-17(21-9-13-6-14(10-21)8-15(7-13)11-21)12-26-19(25)4-3-18-22-20(23-27-18)16-2-1-5-28-16/h1-2,5,13-15H,3-4,6-12H2. The lowest BCUT2D eigenvalue weighted by Gasteiger charge is -2.55. The van der Waals surface area contributed by atoms with Crippen molar-refractivity contribution < 1.29 is 18.8 Å². The van der Waals surface area contributed by atoms with Gasteiger partial charge in [0.2, 0.25) is 11.7 Å². The number of aromatic nitrogens is 2. The van der Waals surface area contributed by atoms with Crippen LogP contribution in [0.15, 0.2) is 22.0 Å². The highest BCUT2D eigenvalue weighted by atomic mass is 32.1. The molecule has 2 aromatic rings. The first kappa shape index (κ1) is 18.0. The fraction of sp³-hybridized carbons (Fsp3) is 0.619. The third kappa shape index (κ3) is 3.41. The molecule has 2 heterocycles. The van der Waals surface area contributed by atoms with Crippen LogP contribution in [0.4, 0.5) is 0 Å². The average Bonchev–Trinajstić information content (AvgIpc) is 3.34. The van der Waals surface area contributed by atoms with E-state index in [0.717, 1.165) is 24.1 Å². The Morgan fingerprint density at radius 3 is 2.54 bits per heavy atom. The van der Waals surface area contributed by atoms with Gasteiger partial charge in [-0.05, 0) is 67.7 Å². The molecule has 0 unspecified atom stereocenters. The van der Waals surface area contributed by atoms with Gasteiger partial charge in [-0.25, -0.2) is 0 Å². The normalized spacial score (nSPS) is 30.5. The van der Waals surface area contributed by atoms with Gasteiger partial charge in [0.1, 0.15) is 0 Å². The summed E-state index contributed by atoms with van der Waals surface area (Å²) >= 11 is 1.53. The van der Waals surface area contributed by atoms with Crippen molar-refractivity contribution >= 4 is 23.1 Å². The molecule has 6 nitrogen and oxygen atoms in total. The van der Waals surface area contributed by atoms with Crippen LogP contribution in [0.2, 0.25) is 0 Å². The second-order valence-corrected chi connectivity index (χ2v) is 9.72. The molecule has 0 aliphatic heterocycles. The van der Waals surface area contributed by atoms with Gasteiger partial charge in [0.15, 0.2) is 12.4 Å².